The van der Waals surface area contributed by atoms with E-state index in [0.717, 1.165) is 30.4 Å². The second-order valence-corrected chi connectivity index (χ2v) is 5.66. The Kier molecular flexibility index (Phi) is 4.58. The second-order valence-electron chi connectivity index (χ2n) is 5.66. The van der Waals surface area contributed by atoms with Crippen LogP contribution in [0.3, 0.4) is 0 Å². The molecule has 1 saturated heterocycles. The van der Waals surface area contributed by atoms with Crippen LogP contribution >= 0.6 is 0 Å². The quantitative estimate of drug-likeness (QED) is 0.935. The van der Waals surface area contributed by atoms with Gasteiger partial charge in [0.25, 0.3) is 0 Å². The van der Waals surface area contributed by atoms with Crippen molar-refractivity contribution in [3.63, 3.8) is 0 Å². The number of piperidine rings is 1. The summed E-state index contributed by atoms with van der Waals surface area (Å²) in [5.41, 5.74) is 1.11. The van der Waals surface area contributed by atoms with E-state index in [9.17, 15) is 0 Å². The molecule has 0 amide bonds. The van der Waals surface area contributed by atoms with Crippen LogP contribution in [0.5, 0.6) is 0 Å². The standard InChI is InChI=1S/C16H22N6/c1-3-22-9-4-6-13(11-22)14-10-15(20-12(2)19-14)21-16-17-7-5-8-18-16/h5,7-8,10,13H,3-4,6,9,11H2,1-2H3,(H,17,18,19,20,21)/t13-/m0/s1. The van der Waals surface area contributed by atoms with Gasteiger partial charge in [-0.05, 0) is 38.9 Å². The Morgan fingerprint density at radius 3 is 2.86 bits per heavy atom. The smallest absolute Gasteiger partial charge is 0.228 e. The van der Waals surface area contributed by atoms with Gasteiger partial charge in [-0.3, -0.25) is 0 Å². The molecule has 2 aromatic rings. The molecule has 0 aliphatic carbocycles. The van der Waals surface area contributed by atoms with Crippen molar-refractivity contribution in [2.45, 2.75) is 32.6 Å². The average molecular weight is 298 g/mol. The third kappa shape index (κ3) is 3.57. The van der Waals surface area contributed by atoms with Crippen LogP contribution < -0.4 is 5.32 Å². The Balaban J connectivity index is 1.80. The molecule has 1 fully saturated rings. The number of rotatable bonds is 4. The number of nitrogens with zero attached hydrogens (tertiary/aromatic N) is 5. The maximum absolute atomic E-state index is 4.65. The number of nitrogens with one attached hydrogen (secondary N) is 1. The Morgan fingerprint density at radius 1 is 1.27 bits per heavy atom. The van der Waals surface area contributed by atoms with Crippen LogP contribution in [0.25, 0.3) is 0 Å². The lowest BCUT2D eigenvalue weighted by atomic mass is 9.94. The molecule has 3 rings (SSSR count). The molecular formula is C16H22N6. The third-order valence-corrected chi connectivity index (χ3v) is 4.03. The summed E-state index contributed by atoms with van der Waals surface area (Å²) in [7, 11) is 0. The summed E-state index contributed by atoms with van der Waals surface area (Å²) in [5.74, 6) is 2.59. The zero-order valence-electron chi connectivity index (χ0n) is 13.2. The molecule has 1 atom stereocenters. The Labute approximate surface area is 131 Å². The molecule has 2 aromatic heterocycles. The molecule has 6 nitrogen and oxygen atoms in total. The van der Waals surface area contributed by atoms with Crippen LogP contribution in [-0.2, 0) is 0 Å². The molecule has 0 saturated carbocycles. The number of hydrogen-bond acceptors (Lipinski definition) is 6. The molecule has 1 aliphatic rings. The summed E-state index contributed by atoms with van der Waals surface area (Å²) in [5, 5.41) is 3.16. The van der Waals surface area contributed by atoms with Crippen molar-refractivity contribution in [3.8, 4) is 0 Å². The van der Waals surface area contributed by atoms with Crippen molar-refractivity contribution < 1.29 is 0 Å². The second kappa shape index (κ2) is 6.79. The van der Waals surface area contributed by atoms with Crippen LogP contribution in [0.15, 0.2) is 24.5 Å². The molecule has 0 bridgehead atoms. The van der Waals surface area contributed by atoms with Crippen LogP contribution in [0.4, 0.5) is 11.8 Å². The fraction of sp³-hybridized carbons (Fsp3) is 0.500. The van der Waals surface area contributed by atoms with Crippen LogP contribution in [0.2, 0.25) is 0 Å². The zero-order valence-corrected chi connectivity index (χ0v) is 13.2. The fourth-order valence-electron chi connectivity index (χ4n) is 2.93. The van der Waals surface area contributed by atoms with Gasteiger partial charge in [-0.25, -0.2) is 19.9 Å². The largest absolute Gasteiger partial charge is 0.309 e. The number of anilines is 2. The van der Waals surface area contributed by atoms with E-state index in [1.807, 2.05) is 13.0 Å². The molecular weight excluding hydrogens is 276 g/mol. The molecule has 3 heterocycles. The van der Waals surface area contributed by atoms with E-state index in [1.54, 1.807) is 18.5 Å². The van der Waals surface area contributed by atoms with E-state index in [2.05, 4.69) is 37.1 Å². The predicted octanol–water partition coefficient (Wildman–Crippen LogP) is 2.52. The maximum Gasteiger partial charge on any atom is 0.228 e. The molecule has 6 heteroatoms. The molecule has 0 radical (unpaired) electrons. The van der Waals surface area contributed by atoms with E-state index in [0.29, 0.717) is 11.9 Å². The van der Waals surface area contributed by atoms with E-state index in [-0.39, 0.29) is 0 Å². The first-order valence-corrected chi connectivity index (χ1v) is 7.86. The van der Waals surface area contributed by atoms with E-state index in [4.69, 9.17) is 0 Å². The highest BCUT2D eigenvalue weighted by Crippen LogP contribution is 2.27. The fourth-order valence-corrected chi connectivity index (χ4v) is 2.93. The molecule has 0 unspecified atom stereocenters. The average Bonchev–Trinajstić information content (AvgIpc) is 2.55. The molecule has 116 valence electrons. The van der Waals surface area contributed by atoms with Gasteiger partial charge in [-0.1, -0.05) is 6.92 Å². The van der Waals surface area contributed by atoms with Crippen molar-refractivity contribution in [2.75, 3.05) is 25.0 Å². The summed E-state index contributed by atoms with van der Waals surface area (Å²) < 4.78 is 0. The van der Waals surface area contributed by atoms with Crippen molar-refractivity contribution in [1.82, 2.24) is 24.8 Å². The molecule has 0 spiro atoms. The minimum atomic E-state index is 0.479. The van der Waals surface area contributed by atoms with Crippen molar-refractivity contribution in [2.24, 2.45) is 0 Å². The Bertz CT molecular complexity index is 615. The third-order valence-electron chi connectivity index (χ3n) is 4.03. The van der Waals surface area contributed by atoms with Crippen molar-refractivity contribution in [3.05, 3.63) is 36.0 Å². The first-order valence-electron chi connectivity index (χ1n) is 7.86. The van der Waals surface area contributed by atoms with E-state index < -0.39 is 0 Å². The van der Waals surface area contributed by atoms with E-state index in [1.165, 1.54) is 19.4 Å². The highest BCUT2D eigenvalue weighted by atomic mass is 15.1. The lowest BCUT2D eigenvalue weighted by molar-refractivity contribution is 0.216. The lowest BCUT2D eigenvalue weighted by Crippen LogP contribution is -2.34. The Hall–Kier alpha value is -2.08. The van der Waals surface area contributed by atoms with Crippen molar-refractivity contribution in [1.29, 1.82) is 0 Å². The zero-order chi connectivity index (χ0) is 15.4. The highest BCUT2D eigenvalue weighted by Gasteiger charge is 2.22. The predicted molar refractivity (Wildman–Crippen MR) is 86.2 cm³/mol. The normalized spacial score (nSPS) is 19.1. The number of likely N-dealkylation sites (tertiary alicyclic amines) is 1. The maximum atomic E-state index is 4.65. The van der Waals surface area contributed by atoms with Gasteiger partial charge in [0, 0.05) is 30.9 Å². The summed E-state index contributed by atoms with van der Waals surface area (Å²) in [4.78, 5) is 19.9. The summed E-state index contributed by atoms with van der Waals surface area (Å²) in [6.07, 6.45) is 5.84. The topological polar surface area (TPSA) is 66.8 Å². The van der Waals surface area contributed by atoms with Gasteiger partial charge in [-0.15, -0.1) is 0 Å². The monoisotopic (exact) mass is 298 g/mol. The SMILES string of the molecule is CCN1CCC[C@H](c2cc(Nc3ncccn3)nc(C)n2)C1. The first kappa shape index (κ1) is 14.8. The number of likely N-dealkylation sites (N-methyl/N-ethyl adjacent to an activating group) is 1. The summed E-state index contributed by atoms with van der Waals surface area (Å²) in [6.45, 7) is 7.52. The summed E-state index contributed by atoms with van der Waals surface area (Å²) >= 11 is 0. The Morgan fingerprint density at radius 2 is 2.09 bits per heavy atom. The van der Waals surface area contributed by atoms with Gasteiger partial charge in [-0.2, -0.15) is 0 Å². The molecule has 1 aliphatic heterocycles. The van der Waals surface area contributed by atoms with Gasteiger partial charge < -0.3 is 10.2 Å². The first-order chi connectivity index (χ1) is 10.7. The molecule has 22 heavy (non-hydrogen) atoms. The van der Waals surface area contributed by atoms with Gasteiger partial charge in [0.2, 0.25) is 5.95 Å². The van der Waals surface area contributed by atoms with E-state index >= 15 is 0 Å². The summed E-state index contributed by atoms with van der Waals surface area (Å²) in [6, 6.07) is 3.83. The minimum Gasteiger partial charge on any atom is -0.309 e. The van der Waals surface area contributed by atoms with Gasteiger partial charge in [0.1, 0.15) is 11.6 Å². The number of aryl methyl sites for hydroxylation is 1. The number of hydrogen-bond donors (Lipinski definition) is 1. The van der Waals surface area contributed by atoms with Crippen molar-refractivity contribution >= 4 is 11.8 Å². The van der Waals surface area contributed by atoms with Crippen LogP contribution in [-0.4, -0.2) is 44.5 Å². The van der Waals surface area contributed by atoms with Crippen LogP contribution in [0.1, 0.15) is 37.2 Å². The minimum absolute atomic E-state index is 0.479. The van der Waals surface area contributed by atoms with Gasteiger partial charge >= 0.3 is 0 Å². The van der Waals surface area contributed by atoms with Gasteiger partial charge in [0.15, 0.2) is 0 Å². The number of aromatic nitrogens is 4. The lowest BCUT2D eigenvalue weighted by Gasteiger charge is -2.31. The van der Waals surface area contributed by atoms with Gasteiger partial charge in [0.05, 0.1) is 5.69 Å². The molecule has 1 N–H and O–H groups in total. The molecule has 0 aromatic carbocycles. The van der Waals surface area contributed by atoms with Crippen LogP contribution in [0, 0.1) is 6.92 Å². The highest BCUT2D eigenvalue weighted by molar-refractivity contribution is 5.48.